The molecule has 1 N–H and O–H groups in total. The van der Waals surface area contributed by atoms with Gasteiger partial charge in [0.1, 0.15) is 11.5 Å². The van der Waals surface area contributed by atoms with E-state index in [2.05, 4.69) is 15.3 Å². The van der Waals surface area contributed by atoms with Gasteiger partial charge in [0.2, 0.25) is 0 Å². The van der Waals surface area contributed by atoms with Gasteiger partial charge < -0.3 is 14.6 Å². The molecule has 0 unspecified atom stereocenters. The zero-order valence-electron chi connectivity index (χ0n) is 15.6. The molecule has 0 saturated heterocycles. The van der Waals surface area contributed by atoms with Crippen molar-refractivity contribution in [3.8, 4) is 0 Å². The third kappa shape index (κ3) is 5.92. The van der Waals surface area contributed by atoms with Crippen molar-refractivity contribution in [1.82, 2.24) is 19.6 Å². The lowest BCUT2D eigenvalue weighted by Gasteiger charge is -2.22. The monoisotopic (exact) mass is 481 g/mol. The van der Waals surface area contributed by atoms with Crippen molar-refractivity contribution < 1.29 is 4.39 Å². The number of guanidine groups is 1. The van der Waals surface area contributed by atoms with E-state index in [0.717, 1.165) is 35.8 Å². The van der Waals surface area contributed by atoms with Crippen molar-refractivity contribution in [3.63, 3.8) is 0 Å². The maximum atomic E-state index is 13.4. The molecular weight excluding hydrogens is 456 g/mol. The van der Waals surface area contributed by atoms with Crippen molar-refractivity contribution >= 4 is 35.6 Å². The summed E-state index contributed by atoms with van der Waals surface area (Å²) >= 11 is 0. The molecule has 0 aliphatic heterocycles. The van der Waals surface area contributed by atoms with Crippen LogP contribution in [0.1, 0.15) is 18.2 Å². The number of aromatic nitrogens is 2. The van der Waals surface area contributed by atoms with E-state index in [1.807, 2.05) is 59.9 Å². The lowest BCUT2D eigenvalue weighted by Crippen LogP contribution is -2.38. The summed E-state index contributed by atoms with van der Waals surface area (Å²) in [6.45, 7) is 4.05. The van der Waals surface area contributed by atoms with Crippen LogP contribution >= 0.6 is 24.0 Å². The number of nitrogens with zero attached hydrogens (tertiary/aromatic N) is 4. The summed E-state index contributed by atoms with van der Waals surface area (Å²) in [5, 5.41) is 3.29. The van der Waals surface area contributed by atoms with Crippen LogP contribution in [-0.4, -0.2) is 40.4 Å². The molecule has 0 fully saturated rings. The molecule has 0 amide bonds. The highest BCUT2D eigenvalue weighted by atomic mass is 127. The lowest BCUT2D eigenvalue weighted by molar-refractivity contribution is 0.475. The van der Waals surface area contributed by atoms with E-state index in [-0.39, 0.29) is 29.8 Å². The molecule has 0 atom stereocenters. The van der Waals surface area contributed by atoms with Crippen LogP contribution in [0.2, 0.25) is 0 Å². The average Bonchev–Trinajstić information content (AvgIpc) is 3.03. The highest BCUT2D eigenvalue weighted by molar-refractivity contribution is 14.0. The van der Waals surface area contributed by atoms with Crippen molar-refractivity contribution in [2.24, 2.45) is 4.99 Å². The fourth-order valence-corrected chi connectivity index (χ4v) is 2.84. The van der Waals surface area contributed by atoms with Crippen LogP contribution in [0.5, 0.6) is 0 Å². The van der Waals surface area contributed by atoms with Gasteiger partial charge in [-0.25, -0.2) is 9.37 Å². The van der Waals surface area contributed by atoms with Crippen molar-refractivity contribution in [1.29, 1.82) is 0 Å². The molecule has 144 valence electrons. The van der Waals surface area contributed by atoms with Gasteiger partial charge in [-0.2, -0.15) is 0 Å². The smallest absolute Gasteiger partial charge is 0.193 e. The zero-order chi connectivity index (χ0) is 18.4. The Hall–Kier alpha value is -2.16. The molecule has 1 aromatic carbocycles. The summed E-state index contributed by atoms with van der Waals surface area (Å²) in [5.74, 6) is 0.588. The Morgan fingerprint density at radius 3 is 2.85 bits per heavy atom. The quantitative estimate of drug-likeness (QED) is 0.332. The Labute approximate surface area is 176 Å². The topological polar surface area (TPSA) is 44.9 Å². The molecule has 3 rings (SSSR count). The summed E-state index contributed by atoms with van der Waals surface area (Å²) in [5.41, 5.74) is 2.88. The van der Waals surface area contributed by atoms with E-state index in [1.165, 1.54) is 6.07 Å². The van der Waals surface area contributed by atoms with Crippen LogP contribution in [0.15, 0.2) is 59.9 Å². The fraction of sp³-hybridized carbons (Fsp3) is 0.300. The van der Waals surface area contributed by atoms with Gasteiger partial charge in [-0.05, 0) is 36.8 Å². The first-order chi connectivity index (χ1) is 12.7. The van der Waals surface area contributed by atoms with Crippen molar-refractivity contribution in [3.05, 3.63) is 71.9 Å². The third-order valence-corrected chi connectivity index (χ3v) is 4.05. The van der Waals surface area contributed by atoms with E-state index in [4.69, 9.17) is 0 Å². The predicted octanol–water partition coefficient (Wildman–Crippen LogP) is 3.73. The molecule has 0 saturated carbocycles. The summed E-state index contributed by atoms with van der Waals surface area (Å²) in [6.07, 6.45) is 4.80. The van der Waals surface area contributed by atoms with Crippen LogP contribution in [-0.2, 0) is 13.0 Å². The van der Waals surface area contributed by atoms with Gasteiger partial charge in [-0.15, -0.1) is 24.0 Å². The number of hydrogen-bond acceptors (Lipinski definition) is 2. The summed E-state index contributed by atoms with van der Waals surface area (Å²) in [4.78, 5) is 11.3. The molecule has 27 heavy (non-hydrogen) atoms. The SMILES string of the molecule is CCNC(=NCCc1cn2ccccc2n1)N(C)Cc1cccc(F)c1.I. The highest BCUT2D eigenvalue weighted by Crippen LogP contribution is 2.07. The number of aliphatic imine (C=N–C) groups is 1. The molecule has 0 aliphatic carbocycles. The van der Waals surface area contributed by atoms with Crippen LogP contribution in [0.4, 0.5) is 4.39 Å². The van der Waals surface area contributed by atoms with Gasteiger partial charge in [-0.3, -0.25) is 4.99 Å². The first-order valence-electron chi connectivity index (χ1n) is 8.82. The summed E-state index contributed by atoms with van der Waals surface area (Å²) in [7, 11) is 1.96. The summed E-state index contributed by atoms with van der Waals surface area (Å²) in [6, 6.07) is 12.6. The van der Waals surface area contributed by atoms with E-state index < -0.39 is 0 Å². The Morgan fingerprint density at radius 2 is 2.11 bits per heavy atom. The molecule has 0 aliphatic rings. The minimum Gasteiger partial charge on any atom is -0.357 e. The molecule has 3 aromatic rings. The van der Waals surface area contributed by atoms with Crippen LogP contribution in [0.3, 0.4) is 0 Å². The molecule has 0 radical (unpaired) electrons. The Kier molecular flexibility index (Phi) is 8.02. The molecule has 7 heteroatoms. The molecule has 2 heterocycles. The number of rotatable bonds is 6. The number of fused-ring (bicyclic) bond motifs is 1. The number of nitrogens with one attached hydrogen (secondary N) is 1. The summed E-state index contributed by atoms with van der Waals surface area (Å²) < 4.78 is 15.4. The largest absolute Gasteiger partial charge is 0.357 e. The Balaban J connectivity index is 0.00000261. The third-order valence-electron chi connectivity index (χ3n) is 4.05. The standard InChI is InChI=1S/C20H24FN5.HI/c1-3-22-20(25(2)14-16-7-6-8-17(21)13-16)23-11-10-18-15-26-12-5-4-9-19(26)24-18;/h4-9,12-13,15H,3,10-11,14H2,1-2H3,(H,22,23);1H. The molecule has 5 nitrogen and oxygen atoms in total. The van der Waals surface area contributed by atoms with Gasteiger partial charge in [0.05, 0.1) is 5.69 Å². The van der Waals surface area contributed by atoms with Crippen molar-refractivity contribution in [2.75, 3.05) is 20.1 Å². The van der Waals surface area contributed by atoms with E-state index in [9.17, 15) is 4.39 Å². The van der Waals surface area contributed by atoms with E-state index in [0.29, 0.717) is 13.1 Å². The van der Waals surface area contributed by atoms with Crippen LogP contribution < -0.4 is 5.32 Å². The first-order valence-corrected chi connectivity index (χ1v) is 8.82. The van der Waals surface area contributed by atoms with Gasteiger partial charge in [0.25, 0.3) is 0 Å². The van der Waals surface area contributed by atoms with Crippen LogP contribution in [0.25, 0.3) is 5.65 Å². The van der Waals surface area contributed by atoms with Gasteiger partial charge in [0, 0.05) is 45.5 Å². The van der Waals surface area contributed by atoms with Gasteiger partial charge in [0.15, 0.2) is 5.96 Å². The molecular formula is C20H25FIN5. The number of pyridine rings is 1. The minimum atomic E-state index is -0.218. The van der Waals surface area contributed by atoms with Gasteiger partial charge in [-0.1, -0.05) is 18.2 Å². The number of halogens is 2. The predicted molar refractivity (Wildman–Crippen MR) is 118 cm³/mol. The van der Waals surface area contributed by atoms with E-state index in [1.54, 1.807) is 12.1 Å². The second kappa shape index (κ2) is 10.2. The van der Waals surface area contributed by atoms with Crippen LogP contribution in [0, 0.1) is 5.82 Å². The fourth-order valence-electron chi connectivity index (χ4n) is 2.84. The van der Waals surface area contributed by atoms with Crippen molar-refractivity contribution in [2.45, 2.75) is 19.9 Å². The Morgan fingerprint density at radius 1 is 1.26 bits per heavy atom. The Bertz CT molecular complexity index is 860. The number of imidazole rings is 1. The van der Waals surface area contributed by atoms with Gasteiger partial charge >= 0.3 is 0 Å². The molecule has 2 aromatic heterocycles. The minimum absolute atomic E-state index is 0. The number of benzene rings is 1. The second-order valence-electron chi connectivity index (χ2n) is 6.17. The first kappa shape index (κ1) is 21.1. The highest BCUT2D eigenvalue weighted by Gasteiger charge is 2.07. The normalized spacial score (nSPS) is 11.3. The van der Waals surface area contributed by atoms with E-state index >= 15 is 0 Å². The molecule has 0 spiro atoms. The maximum absolute atomic E-state index is 13.4. The lowest BCUT2D eigenvalue weighted by atomic mass is 10.2. The average molecular weight is 481 g/mol. The molecule has 0 bridgehead atoms. The zero-order valence-corrected chi connectivity index (χ0v) is 17.9. The number of hydrogen-bond donors (Lipinski definition) is 1. The maximum Gasteiger partial charge on any atom is 0.193 e. The second-order valence-corrected chi connectivity index (χ2v) is 6.17.